The fraction of sp³-hybridized carbons (Fsp3) is 0.158. The fourth-order valence-electron chi connectivity index (χ4n) is 2.29. The first-order valence-corrected chi connectivity index (χ1v) is 8.81. The van der Waals surface area contributed by atoms with Gasteiger partial charge in [0.2, 0.25) is 5.69 Å². The third kappa shape index (κ3) is 4.86. The number of rotatable bonds is 7. The summed E-state index contributed by atoms with van der Waals surface area (Å²) >= 11 is 5.76. The van der Waals surface area contributed by atoms with Gasteiger partial charge in [0.05, 0.1) is 23.5 Å². The third-order valence-corrected chi connectivity index (χ3v) is 3.75. The van der Waals surface area contributed by atoms with Crippen molar-refractivity contribution in [2.45, 2.75) is 6.92 Å². The molecule has 1 amide bonds. The van der Waals surface area contributed by atoms with Crippen molar-refractivity contribution in [3.05, 3.63) is 65.6 Å². The van der Waals surface area contributed by atoms with E-state index in [0.29, 0.717) is 10.8 Å². The zero-order valence-electron chi connectivity index (χ0n) is 15.0. The van der Waals surface area contributed by atoms with Crippen LogP contribution in [0.25, 0.3) is 5.69 Å². The van der Waals surface area contributed by atoms with Crippen LogP contribution in [-0.4, -0.2) is 39.9 Å². The summed E-state index contributed by atoms with van der Waals surface area (Å²) in [5.74, 6) is -0.603. The smallest absolute Gasteiger partial charge is 0.362 e. The zero-order chi connectivity index (χ0) is 19.9. The molecule has 0 bridgehead atoms. The van der Waals surface area contributed by atoms with Crippen LogP contribution in [0.2, 0.25) is 5.02 Å². The number of amides is 1. The Morgan fingerprint density at radius 3 is 2.64 bits per heavy atom. The first kappa shape index (κ1) is 19.4. The van der Waals surface area contributed by atoms with Gasteiger partial charge < -0.3 is 14.8 Å². The normalized spacial score (nSPS) is 10.4. The number of para-hydroxylation sites is 1. The molecule has 0 saturated heterocycles. The SMILES string of the molecule is CCOC(=O)c1nn(-c2ccccc2)cc1OCC(=O)Nc1ccc(Cl)cn1. The van der Waals surface area contributed by atoms with E-state index >= 15 is 0 Å². The number of anilines is 1. The molecule has 0 spiro atoms. The fourth-order valence-corrected chi connectivity index (χ4v) is 2.40. The van der Waals surface area contributed by atoms with E-state index in [0.717, 1.165) is 5.69 Å². The van der Waals surface area contributed by atoms with Gasteiger partial charge in [-0.05, 0) is 31.2 Å². The number of aromatic nitrogens is 3. The van der Waals surface area contributed by atoms with E-state index in [1.165, 1.54) is 17.1 Å². The van der Waals surface area contributed by atoms with E-state index in [4.69, 9.17) is 21.1 Å². The van der Waals surface area contributed by atoms with Crippen molar-refractivity contribution in [2.24, 2.45) is 0 Å². The molecule has 8 nitrogen and oxygen atoms in total. The topological polar surface area (TPSA) is 95.3 Å². The van der Waals surface area contributed by atoms with Gasteiger partial charge in [-0.3, -0.25) is 4.79 Å². The number of nitrogens with one attached hydrogen (secondary N) is 1. The largest absolute Gasteiger partial charge is 0.480 e. The lowest BCUT2D eigenvalue weighted by Gasteiger charge is -2.06. The molecular formula is C19H17ClN4O4. The molecule has 0 aliphatic carbocycles. The van der Waals surface area contributed by atoms with Crippen LogP contribution in [0.15, 0.2) is 54.9 Å². The van der Waals surface area contributed by atoms with Gasteiger partial charge in [-0.2, -0.15) is 5.10 Å². The molecule has 1 N–H and O–H groups in total. The Bertz CT molecular complexity index is 958. The average Bonchev–Trinajstić information content (AvgIpc) is 3.13. The number of benzene rings is 1. The van der Waals surface area contributed by atoms with Crippen molar-refractivity contribution in [3.8, 4) is 11.4 Å². The quantitative estimate of drug-likeness (QED) is 0.612. The Balaban J connectivity index is 1.74. The lowest BCUT2D eigenvalue weighted by Crippen LogP contribution is -2.21. The molecule has 2 aromatic heterocycles. The summed E-state index contributed by atoms with van der Waals surface area (Å²) in [7, 11) is 0. The van der Waals surface area contributed by atoms with E-state index < -0.39 is 11.9 Å². The highest BCUT2D eigenvalue weighted by atomic mass is 35.5. The van der Waals surface area contributed by atoms with Gasteiger partial charge in [-0.15, -0.1) is 0 Å². The van der Waals surface area contributed by atoms with Gasteiger partial charge in [0, 0.05) is 6.20 Å². The summed E-state index contributed by atoms with van der Waals surface area (Å²) in [6, 6.07) is 12.4. The Kier molecular flexibility index (Phi) is 6.23. The van der Waals surface area contributed by atoms with Crippen molar-refractivity contribution in [1.82, 2.24) is 14.8 Å². The highest BCUT2D eigenvalue weighted by molar-refractivity contribution is 6.30. The number of nitrogens with zero attached hydrogens (tertiary/aromatic N) is 3. The maximum absolute atomic E-state index is 12.2. The van der Waals surface area contributed by atoms with Crippen molar-refractivity contribution in [3.63, 3.8) is 0 Å². The summed E-state index contributed by atoms with van der Waals surface area (Å²) in [6.45, 7) is 1.55. The summed E-state index contributed by atoms with van der Waals surface area (Å²) in [6.07, 6.45) is 2.94. The molecule has 0 atom stereocenters. The Morgan fingerprint density at radius 2 is 1.96 bits per heavy atom. The lowest BCUT2D eigenvalue weighted by molar-refractivity contribution is -0.118. The number of halogens is 1. The number of hydrogen-bond acceptors (Lipinski definition) is 6. The number of esters is 1. The monoisotopic (exact) mass is 400 g/mol. The molecule has 28 heavy (non-hydrogen) atoms. The summed E-state index contributed by atoms with van der Waals surface area (Å²) in [4.78, 5) is 28.3. The van der Waals surface area contributed by atoms with Crippen LogP contribution in [0.4, 0.5) is 5.82 Å². The molecule has 9 heteroatoms. The number of ether oxygens (including phenoxy) is 2. The second kappa shape index (κ2) is 9.01. The number of carbonyl (C=O) groups excluding carboxylic acids is 2. The van der Waals surface area contributed by atoms with E-state index in [1.807, 2.05) is 30.3 Å². The van der Waals surface area contributed by atoms with Gasteiger partial charge in [0.25, 0.3) is 5.91 Å². The lowest BCUT2D eigenvalue weighted by atomic mass is 10.3. The molecular weight excluding hydrogens is 384 g/mol. The maximum atomic E-state index is 12.2. The van der Waals surface area contributed by atoms with E-state index in [-0.39, 0.29) is 24.7 Å². The molecule has 0 fully saturated rings. The predicted octanol–water partition coefficient (Wildman–Crippen LogP) is 3.11. The van der Waals surface area contributed by atoms with Crippen LogP contribution >= 0.6 is 11.6 Å². The molecule has 3 aromatic rings. The Hall–Kier alpha value is -3.39. The van der Waals surface area contributed by atoms with E-state index in [9.17, 15) is 9.59 Å². The molecule has 144 valence electrons. The predicted molar refractivity (Wildman–Crippen MR) is 103 cm³/mol. The highest BCUT2D eigenvalue weighted by Crippen LogP contribution is 2.21. The molecule has 0 aliphatic rings. The Labute approximate surface area is 166 Å². The van der Waals surface area contributed by atoms with Crippen molar-refractivity contribution in [1.29, 1.82) is 0 Å². The molecule has 3 rings (SSSR count). The van der Waals surface area contributed by atoms with Gasteiger partial charge in [0.15, 0.2) is 12.4 Å². The van der Waals surface area contributed by atoms with Gasteiger partial charge in [-0.1, -0.05) is 29.8 Å². The molecule has 1 aromatic carbocycles. The number of hydrogen-bond donors (Lipinski definition) is 1. The van der Waals surface area contributed by atoms with Crippen LogP contribution in [0.5, 0.6) is 5.75 Å². The molecule has 0 radical (unpaired) electrons. The minimum Gasteiger partial charge on any atom is -0.480 e. The standard InChI is InChI=1S/C19H17ClN4O4/c1-2-27-19(26)18-15(11-24(23-18)14-6-4-3-5-7-14)28-12-17(25)22-16-9-8-13(20)10-21-16/h3-11H,2,12H2,1H3,(H,21,22,25). The summed E-state index contributed by atoms with van der Waals surface area (Å²) in [5, 5.41) is 7.26. The molecule has 0 saturated carbocycles. The van der Waals surface area contributed by atoms with Crippen molar-refractivity contribution < 1.29 is 19.1 Å². The third-order valence-electron chi connectivity index (χ3n) is 3.52. The highest BCUT2D eigenvalue weighted by Gasteiger charge is 2.21. The first-order valence-electron chi connectivity index (χ1n) is 8.43. The minimum atomic E-state index is -0.632. The van der Waals surface area contributed by atoms with Crippen LogP contribution in [0, 0.1) is 0 Å². The first-order chi connectivity index (χ1) is 13.6. The second-order valence-corrected chi connectivity index (χ2v) is 5.98. The van der Waals surface area contributed by atoms with E-state index in [2.05, 4.69) is 15.4 Å². The van der Waals surface area contributed by atoms with Crippen molar-refractivity contribution >= 4 is 29.3 Å². The Morgan fingerprint density at radius 1 is 1.18 bits per heavy atom. The van der Waals surface area contributed by atoms with Gasteiger partial charge >= 0.3 is 5.97 Å². The van der Waals surface area contributed by atoms with E-state index in [1.54, 1.807) is 19.1 Å². The van der Waals surface area contributed by atoms with Crippen LogP contribution in [-0.2, 0) is 9.53 Å². The summed E-state index contributed by atoms with van der Waals surface area (Å²) < 4.78 is 12.0. The molecule has 2 heterocycles. The average molecular weight is 401 g/mol. The number of pyridine rings is 1. The molecule has 0 aliphatic heterocycles. The molecule has 0 unspecified atom stereocenters. The van der Waals surface area contributed by atoms with Gasteiger partial charge in [0.1, 0.15) is 5.82 Å². The second-order valence-electron chi connectivity index (χ2n) is 5.54. The van der Waals surface area contributed by atoms with Crippen LogP contribution in [0.1, 0.15) is 17.4 Å². The van der Waals surface area contributed by atoms with Crippen molar-refractivity contribution in [2.75, 3.05) is 18.5 Å². The number of carbonyl (C=O) groups is 2. The maximum Gasteiger partial charge on any atom is 0.362 e. The van der Waals surface area contributed by atoms with Gasteiger partial charge in [-0.25, -0.2) is 14.5 Å². The van der Waals surface area contributed by atoms with Crippen LogP contribution < -0.4 is 10.1 Å². The summed E-state index contributed by atoms with van der Waals surface area (Å²) in [5.41, 5.74) is 0.723. The zero-order valence-corrected chi connectivity index (χ0v) is 15.7. The minimum absolute atomic E-state index is 0.0110. The van der Waals surface area contributed by atoms with Crippen LogP contribution in [0.3, 0.4) is 0 Å².